The third kappa shape index (κ3) is 3.27. The van der Waals surface area contributed by atoms with E-state index in [1.165, 1.54) is 16.9 Å². The Bertz CT molecular complexity index is 1320. The van der Waals surface area contributed by atoms with Crippen molar-refractivity contribution in [3.8, 4) is 0 Å². The molecular weight excluding hydrogens is 384 g/mol. The van der Waals surface area contributed by atoms with Crippen LogP contribution in [0.3, 0.4) is 0 Å². The number of nitrogens with one attached hydrogen (secondary N) is 1. The summed E-state index contributed by atoms with van der Waals surface area (Å²) in [6, 6.07) is 17.8. The van der Waals surface area contributed by atoms with Crippen LogP contribution in [0, 0.1) is 6.92 Å². The zero-order valence-corrected chi connectivity index (χ0v) is 16.6. The van der Waals surface area contributed by atoms with Gasteiger partial charge in [0.2, 0.25) is 0 Å². The number of thiophene rings is 1. The van der Waals surface area contributed by atoms with Crippen molar-refractivity contribution in [2.24, 2.45) is 0 Å². The Labute approximate surface area is 170 Å². The number of fused-ring (bicyclic) bond motifs is 2. The van der Waals surface area contributed by atoms with Gasteiger partial charge in [0.25, 0.3) is 5.91 Å². The lowest BCUT2D eigenvalue weighted by Gasteiger charge is -2.03. The maximum Gasteiger partial charge on any atom is 0.261 e. The van der Waals surface area contributed by atoms with Crippen molar-refractivity contribution in [2.45, 2.75) is 20.0 Å². The molecule has 0 aliphatic heterocycles. The average Bonchev–Trinajstić information content (AvgIpc) is 3.43. The van der Waals surface area contributed by atoms with E-state index in [1.54, 1.807) is 0 Å². The van der Waals surface area contributed by atoms with E-state index in [-0.39, 0.29) is 5.91 Å². The van der Waals surface area contributed by atoms with Crippen molar-refractivity contribution < 1.29 is 4.79 Å². The van der Waals surface area contributed by atoms with Crippen LogP contribution in [0.5, 0.6) is 0 Å². The minimum absolute atomic E-state index is 0.121. The molecule has 144 valence electrons. The summed E-state index contributed by atoms with van der Waals surface area (Å²) >= 11 is 1.46. The highest BCUT2D eigenvalue weighted by atomic mass is 32.1. The molecule has 1 N–H and O–H groups in total. The third-order valence-corrected chi connectivity index (χ3v) is 5.94. The van der Waals surface area contributed by atoms with Crippen molar-refractivity contribution in [2.75, 3.05) is 0 Å². The zero-order chi connectivity index (χ0) is 19.8. The van der Waals surface area contributed by atoms with E-state index in [1.807, 2.05) is 64.7 Å². The molecule has 5 aromatic rings. The third-order valence-electron chi connectivity index (χ3n) is 4.80. The molecule has 7 nitrogen and oxygen atoms in total. The number of amides is 1. The molecule has 29 heavy (non-hydrogen) atoms. The van der Waals surface area contributed by atoms with Crippen molar-refractivity contribution in [3.05, 3.63) is 82.8 Å². The summed E-state index contributed by atoms with van der Waals surface area (Å²) in [6.07, 6.45) is 1.89. The summed E-state index contributed by atoms with van der Waals surface area (Å²) in [5.41, 5.74) is 2.86. The zero-order valence-electron chi connectivity index (χ0n) is 15.7. The van der Waals surface area contributed by atoms with Gasteiger partial charge in [0.05, 0.1) is 23.7 Å². The molecule has 0 fully saturated rings. The fourth-order valence-corrected chi connectivity index (χ4v) is 4.42. The second kappa shape index (κ2) is 7.14. The fourth-order valence-electron chi connectivity index (χ4n) is 3.35. The first-order chi connectivity index (χ1) is 14.2. The molecule has 0 unspecified atom stereocenters. The highest BCUT2D eigenvalue weighted by molar-refractivity contribution is 7.20. The SMILES string of the molecule is Cc1nn(Cc2ccccc2)c2sc(C(=O)NCc3nnc4ccccn34)cc12. The Kier molecular flexibility index (Phi) is 4.33. The number of benzene rings is 1. The van der Waals surface area contributed by atoms with Crippen LogP contribution >= 0.6 is 11.3 Å². The van der Waals surface area contributed by atoms with Gasteiger partial charge in [-0.3, -0.25) is 13.9 Å². The van der Waals surface area contributed by atoms with Gasteiger partial charge in [-0.15, -0.1) is 21.5 Å². The van der Waals surface area contributed by atoms with Crippen LogP contribution in [-0.2, 0) is 13.1 Å². The second-order valence-corrected chi connectivity index (χ2v) is 7.82. The average molecular weight is 402 g/mol. The predicted octanol–water partition coefficient (Wildman–Crippen LogP) is 3.43. The number of hydrogen-bond acceptors (Lipinski definition) is 5. The molecule has 0 saturated heterocycles. The van der Waals surface area contributed by atoms with Crippen molar-refractivity contribution >= 4 is 33.1 Å². The van der Waals surface area contributed by atoms with Gasteiger partial charge in [-0.05, 0) is 30.7 Å². The molecule has 0 atom stereocenters. The number of nitrogens with zero attached hydrogens (tertiary/aromatic N) is 5. The summed E-state index contributed by atoms with van der Waals surface area (Å²) in [4.78, 5) is 14.4. The largest absolute Gasteiger partial charge is 0.344 e. The summed E-state index contributed by atoms with van der Waals surface area (Å²) in [5, 5.41) is 16.9. The summed E-state index contributed by atoms with van der Waals surface area (Å²) in [5.74, 6) is 0.575. The van der Waals surface area contributed by atoms with Gasteiger partial charge in [-0.25, -0.2) is 0 Å². The molecule has 0 aliphatic rings. The summed E-state index contributed by atoms with van der Waals surface area (Å²) < 4.78 is 3.83. The molecule has 1 aromatic carbocycles. The number of carbonyl (C=O) groups is 1. The van der Waals surface area contributed by atoms with Crippen LogP contribution in [0.4, 0.5) is 0 Å². The highest BCUT2D eigenvalue weighted by Gasteiger charge is 2.17. The Morgan fingerprint density at radius 3 is 2.79 bits per heavy atom. The van der Waals surface area contributed by atoms with Crippen LogP contribution in [-0.4, -0.2) is 30.3 Å². The lowest BCUT2D eigenvalue weighted by Crippen LogP contribution is -2.23. The molecule has 4 heterocycles. The Hall–Kier alpha value is -3.52. The number of aryl methyl sites for hydroxylation is 1. The normalized spacial score (nSPS) is 11.3. The first-order valence-corrected chi connectivity index (χ1v) is 10.1. The highest BCUT2D eigenvalue weighted by Crippen LogP contribution is 2.29. The predicted molar refractivity (Wildman–Crippen MR) is 112 cm³/mol. The number of aromatic nitrogens is 5. The van der Waals surface area contributed by atoms with Crippen molar-refractivity contribution in [1.82, 2.24) is 29.7 Å². The Morgan fingerprint density at radius 1 is 1.10 bits per heavy atom. The molecule has 0 bridgehead atoms. The molecule has 5 rings (SSSR count). The van der Waals surface area contributed by atoms with Gasteiger partial charge >= 0.3 is 0 Å². The van der Waals surface area contributed by atoms with E-state index in [2.05, 4.69) is 32.7 Å². The number of pyridine rings is 1. The summed E-state index contributed by atoms with van der Waals surface area (Å²) in [7, 11) is 0. The number of hydrogen-bond donors (Lipinski definition) is 1. The van der Waals surface area contributed by atoms with E-state index in [0.717, 1.165) is 21.6 Å². The molecule has 0 saturated carbocycles. The molecule has 0 spiro atoms. The van der Waals surface area contributed by atoms with Gasteiger partial charge in [0.1, 0.15) is 4.83 Å². The van der Waals surface area contributed by atoms with E-state index in [4.69, 9.17) is 0 Å². The van der Waals surface area contributed by atoms with Gasteiger partial charge in [-0.1, -0.05) is 36.4 Å². The second-order valence-electron chi connectivity index (χ2n) is 6.79. The van der Waals surface area contributed by atoms with Gasteiger partial charge in [-0.2, -0.15) is 5.10 Å². The van der Waals surface area contributed by atoms with E-state index < -0.39 is 0 Å². The Morgan fingerprint density at radius 2 is 1.93 bits per heavy atom. The van der Waals surface area contributed by atoms with Gasteiger partial charge in [0, 0.05) is 11.6 Å². The topological polar surface area (TPSA) is 77.1 Å². The first kappa shape index (κ1) is 17.6. The minimum Gasteiger partial charge on any atom is -0.344 e. The standard InChI is InChI=1S/C21H18N6OS/c1-14-16-11-17(29-21(16)27(25-14)13-15-7-3-2-4-8-15)20(28)22-12-19-24-23-18-9-5-6-10-26(18)19/h2-11H,12-13H2,1H3,(H,22,28). The van der Waals surface area contributed by atoms with Gasteiger partial charge in [0.15, 0.2) is 11.5 Å². The smallest absolute Gasteiger partial charge is 0.261 e. The maximum absolute atomic E-state index is 12.7. The lowest BCUT2D eigenvalue weighted by atomic mass is 10.2. The number of rotatable bonds is 5. The van der Waals surface area contributed by atoms with Crippen LogP contribution in [0.1, 0.15) is 26.8 Å². The van der Waals surface area contributed by atoms with Gasteiger partial charge < -0.3 is 5.32 Å². The van der Waals surface area contributed by atoms with E-state index in [9.17, 15) is 4.79 Å². The first-order valence-electron chi connectivity index (χ1n) is 9.27. The van der Waals surface area contributed by atoms with Crippen LogP contribution in [0.2, 0.25) is 0 Å². The monoisotopic (exact) mass is 402 g/mol. The molecular formula is C21H18N6OS. The molecule has 4 aromatic heterocycles. The van der Waals surface area contributed by atoms with Crippen LogP contribution in [0.15, 0.2) is 60.8 Å². The number of carbonyl (C=O) groups excluding carboxylic acids is 1. The minimum atomic E-state index is -0.121. The van der Waals surface area contributed by atoms with E-state index in [0.29, 0.717) is 23.8 Å². The van der Waals surface area contributed by atoms with E-state index >= 15 is 0 Å². The van der Waals surface area contributed by atoms with Crippen LogP contribution < -0.4 is 5.32 Å². The Balaban J connectivity index is 1.37. The molecule has 0 aliphatic carbocycles. The molecule has 8 heteroatoms. The van der Waals surface area contributed by atoms with Crippen LogP contribution in [0.25, 0.3) is 15.9 Å². The lowest BCUT2D eigenvalue weighted by molar-refractivity contribution is 0.0954. The van der Waals surface area contributed by atoms with Crippen molar-refractivity contribution in [1.29, 1.82) is 0 Å². The molecule has 0 radical (unpaired) electrons. The molecule has 1 amide bonds. The van der Waals surface area contributed by atoms with Crippen molar-refractivity contribution in [3.63, 3.8) is 0 Å². The fraction of sp³-hybridized carbons (Fsp3) is 0.143. The quantitative estimate of drug-likeness (QED) is 0.489. The maximum atomic E-state index is 12.7. The summed E-state index contributed by atoms with van der Waals surface area (Å²) in [6.45, 7) is 2.96.